The molecule has 1 unspecified atom stereocenters. The Bertz CT molecular complexity index is 1430. The highest BCUT2D eigenvalue weighted by Crippen LogP contribution is 2.16. The fourth-order valence-corrected chi connectivity index (χ4v) is 9.05. The Morgan fingerprint density at radius 2 is 0.520 bits per heavy atom. The number of unbranched alkanes of at least 4 members (excludes halogenated alkanes) is 33. The van der Waals surface area contributed by atoms with E-state index >= 15 is 0 Å². The molecular weight excluding hydrogens is 925 g/mol. The van der Waals surface area contributed by atoms with Crippen molar-refractivity contribution in [3.05, 3.63) is 85.1 Å². The third-order valence-corrected chi connectivity index (χ3v) is 13.9. The highest BCUT2D eigenvalue weighted by molar-refractivity contribution is 5.71. The van der Waals surface area contributed by atoms with Crippen molar-refractivity contribution in [3.63, 3.8) is 0 Å². The molecule has 0 amide bonds. The summed E-state index contributed by atoms with van der Waals surface area (Å²) in [5.74, 6) is -0.904. The van der Waals surface area contributed by atoms with Crippen LogP contribution in [0.2, 0.25) is 0 Å². The summed E-state index contributed by atoms with van der Waals surface area (Å²) in [4.78, 5) is 38.3. The van der Waals surface area contributed by atoms with Gasteiger partial charge in [-0.05, 0) is 116 Å². The van der Waals surface area contributed by atoms with E-state index in [1.54, 1.807) is 0 Å². The van der Waals surface area contributed by atoms with E-state index in [1.165, 1.54) is 161 Å². The lowest BCUT2D eigenvalue weighted by Gasteiger charge is -2.18. The summed E-state index contributed by atoms with van der Waals surface area (Å²) in [6.45, 7) is 6.53. The van der Waals surface area contributed by atoms with Crippen molar-refractivity contribution in [3.8, 4) is 0 Å². The number of hydrogen-bond acceptors (Lipinski definition) is 6. The van der Waals surface area contributed by atoms with Gasteiger partial charge in [-0.2, -0.15) is 0 Å². The van der Waals surface area contributed by atoms with Crippen molar-refractivity contribution in [1.29, 1.82) is 0 Å². The van der Waals surface area contributed by atoms with Crippen LogP contribution in [-0.4, -0.2) is 37.2 Å². The van der Waals surface area contributed by atoms with E-state index in [2.05, 4.69) is 106 Å². The van der Waals surface area contributed by atoms with Crippen LogP contribution < -0.4 is 0 Å². The minimum Gasteiger partial charge on any atom is -0.462 e. The molecule has 0 rings (SSSR count). The average Bonchev–Trinajstić information content (AvgIpc) is 3.41. The van der Waals surface area contributed by atoms with Crippen LogP contribution in [0.5, 0.6) is 0 Å². The molecule has 0 N–H and O–H groups in total. The van der Waals surface area contributed by atoms with Gasteiger partial charge in [0.15, 0.2) is 6.10 Å². The van der Waals surface area contributed by atoms with Crippen molar-refractivity contribution in [2.75, 3.05) is 13.2 Å². The van der Waals surface area contributed by atoms with E-state index < -0.39 is 6.10 Å². The topological polar surface area (TPSA) is 78.9 Å². The summed E-state index contributed by atoms with van der Waals surface area (Å²) in [6.07, 6.45) is 83.0. The molecule has 0 heterocycles. The molecule has 0 aliphatic heterocycles. The highest BCUT2D eigenvalue weighted by Gasteiger charge is 2.19. The number of carbonyl (C=O) groups excluding carboxylic acids is 3. The normalized spacial score (nSPS) is 12.6. The lowest BCUT2D eigenvalue weighted by atomic mass is 10.1. The van der Waals surface area contributed by atoms with E-state index in [1.807, 2.05) is 0 Å². The van der Waals surface area contributed by atoms with E-state index in [4.69, 9.17) is 14.2 Å². The standard InChI is InChI=1S/C69H120O6/c1-4-7-10-13-16-19-22-25-28-30-32-34-36-38-41-44-47-50-53-56-59-62-68(71)74-65-66(64-73-67(70)61-58-55-52-49-46-43-40-27-24-21-18-15-12-9-6-3)75-69(72)63-60-57-54-51-48-45-42-39-37-35-33-31-29-26-23-20-17-14-11-8-5-2/h7,10,16,19,25,27-28,31-34,38,40-41,66H,4-6,8-9,11-15,17-18,20-24,26,29-30,35-37,39,42-65H2,1-3H3/b10-7-,19-16-,28-25-,33-31-,34-32-,40-27-,41-38-. The van der Waals surface area contributed by atoms with Crippen molar-refractivity contribution in [2.24, 2.45) is 0 Å². The quantitative estimate of drug-likeness (QED) is 0.0261. The Labute approximate surface area is 465 Å². The highest BCUT2D eigenvalue weighted by atomic mass is 16.6. The van der Waals surface area contributed by atoms with Crippen LogP contribution in [0.3, 0.4) is 0 Å². The monoisotopic (exact) mass is 1040 g/mol. The molecule has 0 aromatic carbocycles. The average molecular weight is 1050 g/mol. The zero-order valence-corrected chi connectivity index (χ0v) is 49.6. The molecule has 75 heavy (non-hydrogen) atoms. The van der Waals surface area contributed by atoms with Crippen LogP contribution in [0.15, 0.2) is 85.1 Å². The largest absolute Gasteiger partial charge is 0.462 e. The first kappa shape index (κ1) is 71.6. The molecule has 0 fully saturated rings. The van der Waals surface area contributed by atoms with E-state index in [0.717, 1.165) is 116 Å². The maximum atomic E-state index is 12.9. The first-order valence-corrected chi connectivity index (χ1v) is 32.1. The molecule has 0 saturated carbocycles. The fraction of sp³-hybridized carbons (Fsp3) is 0.754. The van der Waals surface area contributed by atoms with Crippen LogP contribution >= 0.6 is 0 Å². The molecule has 0 aromatic heterocycles. The lowest BCUT2D eigenvalue weighted by Crippen LogP contribution is -2.30. The van der Waals surface area contributed by atoms with Gasteiger partial charge in [-0.15, -0.1) is 0 Å². The Morgan fingerprint density at radius 3 is 0.827 bits per heavy atom. The molecule has 0 aromatic rings. The number of esters is 3. The number of carbonyl (C=O) groups is 3. The molecule has 0 radical (unpaired) electrons. The van der Waals surface area contributed by atoms with Gasteiger partial charge in [0, 0.05) is 19.3 Å². The second-order valence-electron chi connectivity index (χ2n) is 21.3. The van der Waals surface area contributed by atoms with Gasteiger partial charge in [-0.3, -0.25) is 14.4 Å². The van der Waals surface area contributed by atoms with Crippen molar-refractivity contribution in [2.45, 2.75) is 322 Å². The van der Waals surface area contributed by atoms with E-state index in [-0.39, 0.29) is 31.1 Å². The Morgan fingerprint density at radius 1 is 0.280 bits per heavy atom. The summed E-state index contributed by atoms with van der Waals surface area (Å²) < 4.78 is 16.9. The molecular formula is C69H120O6. The Balaban J connectivity index is 4.41. The molecule has 0 spiro atoms. The van der Waals surface area contributed by atoms with Gasteiger partial charge in [-0.25, -0.2) is 0 Å². The number of ether oxygens (including phenoxy) is 3. The van der Waals surface area contributed by atoms with Crippen molar-refractivity contribution in [1.82, 2.24) is 0 Å². The minimum atomic E-state index is -0.791. The van der Waals surface area contributed by atoms with Gasteiger partial charge in [0.05, 0.1) is 0 Å². The Hall–Kier alpha value is -3.41. The van der Waals surface area contributed by atoms with Crippen LogP contribution in [0.4, 0.5) is 0 Å². The molecule has 0 aliphatic rings. The van der Waals surface area contributed by atoms with Gasteiger partial charge in [0.2, 0.25) is 0 Å². The summed E-state index contributed by atoms with van der Waals surface area (Å²) >= 11 is 0. The first-order chi connectivity index (χ1) is 37.0. The summed E-state index contributed by atoms with van der Waals surface area (Å²) in [7, 11) is 0. The van der Waals surface area contributed by atoms with Crippen molar-refractivity contribution < 1.29 is 28.6 Å². The van der Waals surface area contributed by atoms with Crippen LogP contribution in [0, 0.1) is 0 Å². The first-order valence-electron chi connectivity index (χ1n) is 32.1. The maximum Gasteiger partial charge on any atom is 0.306 e. The molecule has 0 bridgehead atoms. The number of hydrogen-bond donors (Lipinski definition) is 0. The van der Waals surface area contributed by atoms with Gasteiger partial charge in [0.1, 0.15) is 13.2 Å². The smallest absolute Gasteiger partial charge is 0.306 e. The number of rotatable bonds is 58. The zero-order valence-electron chi connectivity index (χ0n) is 49.6. The summed E-state index contributed by atoms with van der Waals surface area (Å²) in [5, 5.41) is 0. The zero-order chi connectivity index (χ0) is 54.3. The predicted octanol–water partition coefficient (Wildman–Crippen LogP) is 21.9. The summed E-state index contributed by atoms with van der Waals surface area (Å²) in [6, 6.07) is 0. The predicted molar refractivity (Wildman–Crippen MR) is 325 cm³/mol. The van der Waals surface area contributed by atoms with Gasteiger partial charge < -0.3 is 14.2 Å². The van der Waals surface area contributed by atoms with Crippen LogP contribution in [-0.2, 0) is 28.6 Å². The third-order valence-electron chi connectivity index (χ3n) is 13.9. The molecule has 6 heteroatoms. The SMILES string of the molecule is CC/C=C\C/C=C\C/C=C\C/C=C\C/C=C\CCCCCCCC(=O)OCC(COC(=O)CCCCCCC/C=C\CCCCCCCC)OC(=O)CCCCCCCCCCC/C=C\CCCCCCCCCC. The summed E-state index contributed by atoms with van der Waals surface area (Å²) in [5.41, 5.74) is 0. The lowest BCUT2D eigenvalue weighted by molar-refractivity contribution is -0.167. The second-order valence-corrected chi connectivity index (χ2v) is 21.3. The van der Waals surface area contributed by atoms with E-state index in [9.17, 15) is 14.4 Å². The molecule has 432 valence electrons. The van der Waals surface area contributed by atoms with Gasteiger partial charge in [0.25, 0.3) is 0 Å². The van der Waals surface area contributed by atoms with Gasteiger partial charge in [-0.1, -0.05) is 266 Å². The fourth-order valence-electron chi connectivity index (χ4n) is 9.05. The van der Waals surface area contributed by atoms with Crippen molar-refractivity contribution >= 4 is 17.9 Å². The van der Waals surface area contributed by atoms with Crippen LogP contribution in [0.25, 0.3) is 0 Å². The van der Waals surface area contributed by atoms with Gasteiger partial charge >= 0.3 is 17.9 Å². The Kier molecular flexibility index (Phi) is 60.3. The molecule has 0 saturated heterocycles. The third kappa shape index (κ3) is 61.3. The van der Waals surface area contributed by atoms with E-state index in [0.29, 0.717) is 19.3 Å². The second kappa shape index (κ2) is 63.1. The molecule has 0 aliphatic carbocycles. The molecule has 6 nitrogen and oxygen atoms in total. The molecule has 1 atom stereocenters. The number of allylic oxidation sites excluding steroid dienone is 14. The minimum absolute atomic E-state index is 0.0869. The van der Waals surface area contributed by atoms with Crippen LogP contribution in [0.1, 0.15) is 316 Å². The maximum absolute atomic E-state index is 12.9.